The fraction of sp³-hybridized carbons (Fsp3) is 0.267. The van der Waals surface area contributed by atoms with E-state index >= 15 is 0 Å². The number of aryl methyl sites for hydroxylation is 2. The summed E-state index contributed by atoms with van der Waals surface area (Å²) in [5, 5.41) is 8.88. The molecule has 1 N–H and O–H groups in total. The monoisotopic (exact) mass is 241 g/mol. The summed E-state index contributed by atoms with van der Waals surface area (Å²) in [7, 11) is 0. The number of hydrogen-bond donors (Lipinski definition) is 1. The smallest absolute Gasteiger partial charge is 0.337 e. The molecule has 1 aromatic carbocycles. The van der Waals surface area contributed by atoms with Gasteiger partial charge in [0.15, 0.2) is 0 Å². The fourth-order valence-corrected chi connectivity index (χ4v) is 2.60. The lowest BCUT2D eigenvalue weighted by Gasteiger charge is -2.06. The van der Waals surface area contributed by atoms with E-state index in [1.165, 1.54) is 36.0 Å². The molecule has 0 saturated carbocycles. The van der Waals surface area contributed by atoms with Crippen molar-refractivity contribution in [3.05, 3.63) is 58.9 Å². The van der Waals surface area contributed by atoms with Crippen LogP contribution in [0.15, 0.2) is 36.7 Å². The second-order valence-corrected chi connectivity index (χ2v) is 4.83. The van der Waals surface area contributed by atoms with E-state index in [4.69, 9.17) is 5.11 Å². The highest BCUT2D eigenvalue weighted by Gasteiger charge is 2.11. The van der Waals surface area contributed by atoms with E-state index in [-0.39, 0.29) is 0 Å². The lowest BCUT2D eigenvalue weighted by molar-refractivity contribution is 0.0697. The molecule has 18 heavy (non-hydrogen) atoms. The number of benzene rings is 1. The Morgan fingerprint density at radius 3 is 2.83 bits per heavy atom. The Bertz CT molecular complexity index is 598. The molecule has 1 aliphatic carbocycles. The molecule has 0 radical (unpaired) electrons. The molecule has 3 heteroatoms. The molecule has 0 bridgehead atoms. The summed E-state index contributed by atoms with van der Waals surface area (Å²) in [6.45, 7) is 0.737. The Morgan fingerprint density at radius 2 is 2.06 bits per heavy atom. The van der Waals surface area contributed by atoms with Gasteiger partial charge in [0.1, 0.15) is 0 Å². The number of carboxylic acids is 1. The number of fused-ring (bicyclic) bond motifs is 1. The maximum Gasteiger partial charge on any atom is 0.337 e. The Labute approximate surface area is 106 Å². The van der Waals surface area contributed by atoms with Crippen LogP contribution in [0.1, 0.15) is 33.5 Å². The van der Waals surface area contributed by atoms with Crippen LogP contribution in [0.2, 0.25) is 0 Å². The van der Waals surface area contributed by atoms with E-state index in [0.29, 0.717) is 5.56 Å². The molecular formula is C15H15NO2. The molecule has 0 fully saturated rings. The molecule has 0 atom stereocenters. The molecule has 1 heterocycles. The second kappa shape index (κ2) is 4.33. The average molecular weight is 241 g/mol. The molecule has 0 unspecified atom stereocenters. The highest BCUT2D eigenvalue weighted by molar-refractivity contribution is 5.87. The molecule has 0 amide bonds. The topological polar surface area (TPSA) is 42.2 Å². The zero-order chi connectivity index (χ0) is 12.5. The van der Waals surface area contributed by atoms with Gasteiger partial charge in [0.2, 0.25) is 0 Å². The van der Waals surface area contributed by atoms with Crippen molar-refractivity contribution in [2.24, 2.45) is 0 Å². The van der Waals surface area contributed by atoms with Gasteiger partial charge in [0.25, 0.3) is 0 Å². The van der Waals surface area contributed by atoms with E-state index in [1.807, 2.05) is 10.8 Å². The summed E-state index contributed by atoms with van der Waals surface area (Å²) < 4.78 is 1.92. The summed E-state index contributed by atoms with van der Waals surface area (Å²) in [4.78, 5) is 10.8. The number of hydrogen-bond acceptors (Lipinski definition) is 1. The van der Waals surface area contributed by atoms with Crippen LogP contribution in [0.4, 0.5) is 0 Å². The van der Waals surface area contributed by atoms with Crippen LogP contribution in [0.5, 0.6) is 0 Å². The average Bonchev–Trinajstić information content (AvgIpc) is 2.96. The van der Waals surface area contributed by atoms with Crippen LogP contribution >= 0.6 is 0 Å². The van der Waals surface area contributed by atoms with Crippen LogP contribution in [-0.2, 0) is 19.4 Å². The maximum absolute atomic E-state index is 10.8. The Balaban J connectivity index is 1.81. The maximum atomic E-state index is 10.8. The molecule has 0 spiro atoms. The summed E-state index contributed by atoms with van der Waals surface area (Å²) in [6, 6.07) is 8.24. The molecule has 92 valence electrons. The van der Waals surface area contributed by atoms with Crippen molar-refractivity contribution < 1.29 is 9.90 Å². The summed E-state index contributed by atoms with van der Waals surface area (Å²) in [6.07, 6.45) is 7.12. The van der Waals surface area contributed by atoms with E-state index in [9.17, 15) is 4.79 Å². The first-order valence-electron chi connectivity index (χ1n) is 6.22. The van der Waals surface area contributed by atoms with Gasteiger partial charge < -0.3 is 9.67 Å². The van der Waals surface area contributed by atoms with Crippen molar-refractivity contribution in [1.29, 1.82) is 0 Å². The van der Waals surface area contributed by atoms with Gasteiger partial charge in [-0.25, -0.2) is 4.79 Å². The number of carbonyl (C=O) groups is 1. The van der Waals surface area contributed by atoms with Gasteiger partial charge >= 0.3 is 5.97 Å². The van der Waals surface area contributed by atoms with Gasteiger partial charge in [-0.15, -0.1) is 0 Å². The minimum Gasteiger partial charge on any atom is -0.478 e. The number of nitrogens with zero attached hydrogens (tertiary/aromatic N) is 1. The van der Waals surface area contributed by atoms with E-state index in [2.05, 4.69) is 18.2 Å². The molecule has 0 aliphatic heterocycles. The molecule has 1 aliphatic rings. The lowest BCUT2D eigenvalue weighted by atomic mass is 10.1. The SMILES string of the molecule is O=C(O)c1ccn(Cc2ccc3c(c2)CCC3)c1. The zero-order valence-electron chi connectivity index (χ0n) is 10.1. The van der Waals surface area contributed by atoms with Crippen LogP contribution in [0.3, 0.4) is 0 Å². The van der Waals surface area contributed by atoms with Gasteiger partial charge in [-0.3, -0.25) is 0 Å². The first-order chi connectivity index (χ1) is 8.72. The van der Waals surface area contributed by atoms with E-state index < -0.39 is 5.97 Å². The van der Waals surface area contributed by atoms with Crippen LogP contribution in [-0.4, -0.2) is 15.6 Å². The molecular weight excluding hydrogens is 226 g/mol. The predicted octanol–water partition coefficient (Wildman–Crippen LogP) is 2.72. The first kappa shape index (κ1) is 11.1. The lowest BCUT2D eigenvalue weighted by Crippen LogP contribution is -1.99. The van der Waals surface area contributed by atoms with Crippen molar-refractivity contribution in [3.63, 3.8) is 0 Å². The third-order valence-electron chi connectivity index (χ3n) is 3.53. The van der Waals surface area contributed by atoms with Gasteiger partial charge in [-0.2, -0.15) is 0 Å². The van der Waals surface area contributed by atoms with Crippen molar-refractivity contribution in [2.75, 3.05) is 0 Å². The van der Waals surface area contributed by atoms with E-state index in [0.717, 1.165) is 6.54 Å². The normalized spacial score (nSPS) is 13.6. The van der Waals surface area contributed by atoms with Crippen molar-refractivity contribution in [3.8, 4) is 0 Å². The molecule has 3 rings (SSSR count). The summed E-state index contributed by atoms with van der Waals surface area (Å²) in [5.74, 6) is -0.872. The van der Waals surface area contributed by atoms with Gasteiger partial charge in [-0.1, -0.05) is 18.2 Å². The Morgan fingerprint density at radius 1 is 1.22 bits per heavy atom. The van der Waals surface area contributed by atoms with Gasteiger partial charge in [-0.05, 0) is 42.0 Å². The van der Waals surface area contributed by atoms with Gasteiger partial charge in [0, 0.05) is 18.9 Å². The minimum absolute atomic E-state index is 0.344. The van der Waals surface area contributed by atoms with Crippen molar-refractivity contribution in [2.45, 2.75) is 25.8 Å². The largest absolute Gasteiger partial charge is 0.478 e. The molecule has 3 nitrogen and oxygen atoms in total. The highest BCUT2D eigenvalue weighted by atomic mass is 16.4. The second-order valence-electron chi connectivity index (χ2n) is 4.83. The predicted molar refractivity (Wildman–Crippen MR) is 69.0 cm³/mol. The van der Waals surface area contributed by atoms with Crippen LogP contribution < -0.4 is 0 Å². The van der Waals surface area contributed by atoms with Crippen molar-refractivity contribution in [1.82, 2.24) is 4.57 Å². The van der Waals surface area contributed by atoms with Gasteiger partial charge in [0.05, 0.1) is 5.56 Å². The number of rotatable bonds is 3. The minimum atomic E-state index is -0.872. The molecule has 2 aromatic rings. The van der Waals surface area contributed by atoms with Crippen LogP contribution in [0.25, 0.3) is 0 Å². The highest BCUT2D eigenvalue weighted by Crippen LogP contribution is 2.23. The summed E-state index contributed by atoms with van der Waals surface area (Å²) >= 11 is 0. The third-order valence-corrected chi connectivity index (χ3v) is 3.53. The standard InChI is InChI=1S/C15H15NO2/c17-15(18)14-6-7-16(10-14)9-11-4-5-12-2-1-3-13(12)8-11/h4-8,10H,1-3,9H2,(H,17,18). The quantitative estimate of drug-likeness (QED) is 0.897. The Hall–Kier alpha value is -2.03. The zero-order valence-corrected chi connectivity index (χ0v) is 10.1. The Kier molecular flexibility index (Phi) is 2.67. The first-order valence-corrected chi connectivity index (χ1v) is 6.22. The molecule has 0 saturated heterocycles. The molecule has 1 aromatic heterocycles. The summed E-state index contributed by atoms with van der Waals surface area (Å²) in [5.41, 5.74) is 4.51. The van der Waals surface area contributed by atoms with Crippen molar-refractivity contribution >= 4 is 5.97 Å². The number of carboxylic acid groups (broad SMARTS) is 1. The van der Waals surface area contributed by atoms with E-state index in [1.54, 1.807) is 12.3 Å². The van der Waals surface area contributed by atoms with Crippen LogP contribution in [0, 0.1) is 0 Å². The third kappa shape index (κ3) is 2.04. The number of aromatic nitrogens is 1. The fourth-order valence-electron chi connectivity index (χ4n) is 2.60. The number of aromatic carboxylic acids is 1.